The lowest BCUT2D eigenvalue weighted by molar-refractivity contribution is -0.146. The summed E-state index contributed by atoms with van der Waals surface area (Å²) in [5.41, 5.74) is 0.423. The van der Waals surface area contributed by atoms with Crippen molar-refractivity contribution in [3.63, 3.8) is 0 Å². The Morgan fingerprint density at radius 2 is 1.77 bits per heavy atom. The number of esters is 1. The Hall–Kier alpha value is -2.39. The van der Waals surface area contributed by atoms with Gasteiger partial charge in [-0.15, -0.1) is 11.8 Å². The fraction of sp³-hybridized carbons (Fsp3) is 0.412. The molecule has 2 heterocycles. The molecule has 1 aromatic carbocycles. The highest BCUT2D eigenvalue weighted by Gasteiger charge is 2.54. The average molecular weight is 378 g/mol. The van der Waals surface area contributed by atoms with Crippen LogP contribution in [0.15, 0.2) is 24.3 Å². The summed E-state index contributed by atoms with van der Waals surface area (Å²) in [5, 5.41) is 11.5. The van der Waals surface area contributed by atoms with E-state index in [2.05, 4.69) is 5.32 Å². The molecule has 0 saturated carbocycles. The molecule has 0 bridgehead atoms. The standard InChI is InChI=1S/C17H18N2O6S/c1-17(2)11(15(22)23)18-12(26-17)10(16(24)25-3)19-13(20)8-6-4-5-7-9(8)14(19)21/h4-7,10-12,18H,1-3H3,(H,22,23)/t10-,11+,12-/m0/s1. The Morgan fingerprint density at radius 3 is 2.19 bits per heavy atom. The zero-order valence-electron chi connectivity index (χ0n) is 14.4. The normalized spacial score (nSPS) is 25.1. The maximum Gasteiger partial charge on any atom is 0.331 e. The van der Waals surface area contributed by atoms with E-state index in [0.29, 0.717) is 0 Å². The van der Waals surface area contributed by atoms with Crippen molar-refractivity contribution in [2.24, 2.45) is 0 Å². The van der Waals surface area contributed by atoms with Crippen molar-refractivity contribution in [2.45, 2.75) is 36.1 Å². The minimum atomic E-state index is -1.28. The number of carbonyl (C=O) groups excluding carboxylic acids is 3. The molecule has 0 aliphatic carbocycles. The minimum Gasteiger partial charge on any atom is -0.480 e. The summed E-state index contributed by atoms with van der Waals surface area (Å²) >= 11 is 1.19. The number of aliphatic carboxylic acids is 1. The molecule has 8 nitrogen and oxygen atoms in total. The van der Waals surface area contributed by atoms with Gasteiger partial charge in [0.25, 0.3) is 11.8 Å². The van der Waals surface area contributed by atoms with Gasteiger partial charge >= 0.3 is 11.9 Å². The summed E-state index contributed by atoms with van der Waals surface area (Å²) in [5.74, 6) is -3.05. The first-order valence-electron chi connectivity index (χ1n) is 7.90. The van der Waals surface area contributed by atoms with Gasteiger partial charge in [0, 0.05) is 4.75 Å². The van der Waals surface area contributed by atoms with Crippen LogP contribution < -0.4 is 5.32 Å². The SMILES string of the molecule is COC(=O)[C@H]([C@H]1N[C@H](C(=O)O)C(C)(C)S1)N1C(=O)c2ccccc2C1=O. The number of benzene rings is 1. The van der Waals surface area contributed by atoms with Crippen LogP contribution in [0, 0.1) is 0 Å². The van der Waals surface area contributed by atoms with E-state index in [-0.39, 0.29) is 11.1 Å². The van der Waals surface area contributed by atoms with Gasteiger partial charge in [-0.3, -0.25) is 24.6 Å². The lowest BCUT2D eigenvalue weighted by Crippen LogP contribution is -2.56. The van der Waals surface area contributed by atoms with Crippen LogP contribution in [0.5, 0.6) is 0 Å². The van der Waals surface area contributed by atoms with Gasteiger partial charge in [-0.1, -0.05) is 12.1 Å². The van der Waals surface area contributed by atoms with Gasteiger partial charge in [0.1, 0.15) is 6.04 Å². The quantitative estimate of drug-likeness (QED) is 0.582. The molecule has 1 aromatic rings. The Morgan fingerprint density at radius 1 is 1.23 bits per heavy atom. The molecule has 0 unspecified atom stereocenters. The molecule has 1 saturated heterocycles. The number of carboxylic acids is 1. The third-order valence-corrected chi connectivity index (χ3v) is 6.03. The first-order valence-corrected chi connectivity index (χ1v) is 8.78. The smallest absolute Gasteiger partial charge is 0.331 e. The first kappa shape index (κ1) is 18.4. The van der Waals surface area contributed by atoms with E-state index in [0.717, 1.165) is 12.0 Å². The number of rotatable bonds is 4. The molecular weight excluding hydrogens is 360 g/mol. The van der Waals surface area contributed by atoms with Crippen LogP contribution >= 0.6 is 11.8 Å². The molecule has 1 fully saturated rings. The number of hydrogen-bond acceptors (Lipinski definition) is 7. The number of methoxy groups -OCH3 is 1. The van der Waals surface area contributed by atoms with E-state index in [1.165, 1.54) is 23.9 Å². The van der Waals surface area contributed by atoms with Crippen molar-refractivity contribution in [1.29, 1.82) is 0 Å². The van der Waals surface area contributed by atoms with Gasteiger partial charge in [0.15, 0.2) is 6.04 Å². The predicted molar refractivity (Wildman–Crippen MR) is 92.8 cm³/mol. The van der Waals surface area contributed by atoms with Crippen molar-refractivity contribution in [3.05, 3.63) is 35.4 Å². The van der Waals surface area contributed by atoms with Gasteiger partial charge in [-0.05, 0) is 26.0 Å². The fourth-order valence-corrected chi connectivity index (χ4v) is 4.79. The van der Waals surface area contributed by atoms with Crippen LogP contribution in [0.2, 0.25) is 0 Å². The van der Waals surface area contributed by atoms with E-state index in [4.69, 9.17) is 4.74 Å². The molecule has 0 radical (unpaired) electrons. The average Bonchev–Trinajstić information content (AvgIpc) is 3.04. The number of hydrogen-bond donors (Lipinski definition) is 2. The maximum atomic E-state index is 12.7. The summed E-state index contributed by atoms with van der Waals surface area (Å²) in [4.78, 5) is 50.3. The number of amides is 2. The van der Waals surface area contributed by atoms with Crippen LogP contribution in [0.4, 0.5) is 0 Å². The summed E-state index contributed by atoms with van der Waals surface area (Å²) < 4.78 is 4.06. The highest BCUT2D eigenvalue weighted by molar-refractivity contribution is 8.01. The molecule has 9 heteroatoms. The highest BCUT2D eigenvalue weighted by atomic mass is 32.2. The van der Waals surface area contributed by atoms with E-state index in [1.807, 2.05) is 0 Å². The summed E-state index contributed by atoms with van der Waals surface area (Å²) in [6.45, 7) is 3.44. The van der Waals surface area contributed by atoms with Crippen LogP contribution in [0.1, 0.15) is 34.6 Å². The zero-order chi connectivity index (χ0) is 19.2. The summed E-state index contributed by atoms with van der Waals surface area (Å²) in [6, 6.07) is 4.08. The van der Waals surface area contributed by atoms with Crippen molar-refractivity contribution in [2.75, 3.05) is 7.11 Å². The second kappa shape index (κ2) is 6.40. The van der Waals surface area contributed by atoms with Crippen LogP contribution in [0.25, 0.3) is 0 Å². The monoisotopic (exact) mass is 378 g/mol. The number of ether oxygens (including phenoxy) is 1. The van der Waals surface area contributed by atoms with Crippen LogP contribution in [0.3, 0.4) is 0 Å². The molecule has 3 rings (SSSR count). The topological polar surface area (TPSA) is 113 Å². The highest BCUT2D eigenvalue weighted by Crippen LogP contribution is 2.41. The van der Waals surface area contributed by atoms with Crippen molar-refractivity contribution in [3.8, 4) is 0 Å². The number of carbonyl (C=O) groups is 4. The van der Waals surface area contributed by atoms with E-state index >= 15 is 0 Å². The molecule has 2 aliphatic heterocycles. The van der Waals surface area contributed by atoms with E-state index < -0.39 is 46.0 Å². The Balaban J connectivity index is 1.99. The van der Waals surface area contributed by atoms with Crippen molar-refractivity contribution < 1.29 is 29.0 Å². The maximum absolute atomic E-state index is 12.7. The van der Waals surface area contributed by atoms with E-state index in [1.54, 1.807) is 26.0 Å². The third-order valence-electron chi connectivity index (χ3n) is 4.54. The Bertz CT molecular complexity index is 773. The Kier molecular flexibility index (Phi) is 4.53. The van der Waals surface area contributed by atoms with Gasteiger partial charge in [-0.25, -0.2) is 4.79 Å². The number of thioether (sulfide) groups is 1. The lowest BCUT2D eigenvalue weighted by atomic mass is 10.0. The number of carboxylic acid groups (broad SMARTS) is 1. The second-order valence-corrected chi connectivity index (χ2v) is 8.37. The molecular formula is C17H18N2O6S. The van der Waals surface area contributed by atoms with Gasteiger partial charge in [0.05, 0.1) is 23.6 Å². The summed E-state index contributed by atoms with van der Waals surface area (Å²) in [6.07, 6.45) is 0. The first-order chi connectivity index (χ1) is 12.2. The minimum absolute atomic E-state index is 0.212. The molecule has 0 spiro atoms. The third kappa shape index (κ3) is 2.77. The molecule has 2 amide bonds. The molecule has 3 atom stereocenters. The Labute approximate surface area is 153 Å². The van der Waals surface area contributed by atoms with Gasteiger partial charge < -0.3 is 9.84 Å². The number of nitrogens with one attached hydrogen (secondary N) is 1. The number of nitrogens with zero attached hydrogens (tertiary/aromatic N) is 1. The molecule has 138 valence electrons. The molecule has 26 heavy (non-hydrogen) atoms. The van der Waals surface area contributed by atoms with Crippen LogP contribution in [-0.4, -0.2) is 63.1 Å². The van der Waals surface area contributed by atoms with E-state index in [9.17, 15) is 24.3 Å². The molecule has 0 aromatic heterocycles. The fourth-order valence-electron chi connectivity index (χ4n) is 3.26. The van der Waals surface area contributed by atoms with Gasteiger partial charge in [-0.2, -0.15) is 0 Å². The predicted octanol–water partition coefficient (Wildman–Crippen LogP) is 0.719. The van der Waals surface area contributed by atoms with Crippen molar-refractivity contribution >= 4 is 35.5 Å². The number of imide groups is 1. The summed E-state index contributed by atoms with van der Waals surface area (Å²) in [7, 11) is 1.16. The molecule has 2 aliphatic rings. The lowest BCUT2D eigenvalue weighted by Gasteiger charge is -2.28. The van der Waals surface area contributed by atoms with Gasteiger partial charge in [0.2, 0.25) is 0 Å². The second-order valence-electron chi connectivity index (χ2n) is 6.57. The number of fused-ring (bicyclic) bond motifs is 1. The van der Waals surface area contributed by atoms with Crippen molar-refractivity contribution in [1.82, 2.24) is 10.2 Å². The largest absolute Gasteiger partial charge is 0.480 e. The van der Waals surface area contributed by atoms with Crippen LogP contribution in [-0.2, 0) is 14.3 Å². The molecule has 2 N–H and O–H groups in total. The zero-order valence-corrected chi connectivity index (χ0v) is 15.2.